The van der Waals surface area contributed by atoms with Crippen LogP contribution in [0.15, 0.2) is 15.0 Å². The normalized spacial score (nSPS) is 18.2. The largest absolute Gasteiger partial charge is 0.377 e. The molecule has 1 saturated heterocycles. The fourth-order valence-electron chi connectivity index (χ4n) is 3.24. The number of rotatable bonds is 7. The van der Waals surface area contributed by atoms with E-state index >= 15 is 0 Å². The fourth-order valence-corrected chi connectivity index (χ4v) is 5.18. The molecule has 168 valence electrons. The van der Waals surface area contributed by atoms with E-state index < -0.39 is 17.8 Å². The zero-order valence-corrected chi connectivity index (χ0v) is 22.0. The lowest BCUT2D eigenvalue weighted by atomic mass is 10.2. The summed E-state index contributed by atoms with van der Waals surface area (Å²) in [6, 6.07) is 3.18. The fraction of sp³-hybridized carbons (Fsp3) is 0.684. The molecule has 1 aliphatic rings. The summed E-state index contributed by atoms with van der Waals surface area (Å²) >= 11 is 3.54. The smallest absolute Gasteiger partial charge is 0.166 e. The SMILES string of the molecule is C[C@@H]1COCCN1c1cc(N=S(C)(C)=O)c2c(Br)nn(COCC[Si](C)(C)C)c2n1. The van der Waals surface area contributed by atoms with Gasteiger partial charge in [0.05, 0.1) is 30.3 Å². The van der Waals surface area contributed by atoms with E-state index in [0.717, 1.165) is 23.8 Å². The van der Waals surface area contributed by atoms with E-state index in [1.807, 2.05) is 6.07 Å². The number of anilines is 1. The monoisotopic (exact) mass is 517 g/mol. The van der Waals surface area contributed by atoms with Gasteiger partial charge in [0.15, 0.2) is 5.65 Å². The molecular formula is C19H32BrN5O3SSi. The predicted molar refractivity (Wildman–Crippen MR) is 129 cm³/mol. The molecule has 2 aromatic heterocycles. The lowest BCUT2D eigenvalue weighted by molar-refractivity contribution is 0.0810. The Balaban J connectivity index is 2.03. The first kappa shape index (κ1) is 23.6. The quantitative estimate of drug-likeness (QED) is 0.406. The number of pyridine rings is 1. The van der Waals surface area contributed by atoms with E-state index in [0.29, 0.717) is 42.5 Å². The van der Waals surface area contributed by atoms with Crippen LogP contribution in [-0.4, -0.2) is 72.0 Å². The summed E-state index contributed by atoms with van der Waals surface area (Å²) in [5, 5.41) is 5.34. The maximum Gasteiger partial charge on any atom is 0.166 e. The number of morpholine rings is 1. The first-order valence-corrected chi connectivity index (χ1v) is 16.9. The molecular weight excluding hydrogens is 486 g/mol. The molecule has 3 heterocycles. The highest BCUT2D eigenvalue weighted by molar-refractivity contribution is 9.10. The van der Waals surface area contributed by atoms with Crippen LogP contribution in [0.3, 0.4) is 0 Å². The minimum Gasteiger partial charge on any atom is -0.377 e. The summed E-state index contributed by atoms with van der Waals surface area (Å²) in [4.78, 5) is 7.11. The molecule has 0 aromatic carbocycles. The van der Waals surface area contributed by atoms with E-state index in [1.165, 1.54) is 0 Å². The van der Waals surface area contributed by atoms with Crippen LogP contribution < -0.4 is 4.90 Å². The van der Waals surface area contributed by atoms with E-state index in [4.69, 9.17) is 14.5 Å². The minimum absolute atomic E-state index is 0.192. The van der Waals surface area contributed by atoms with Crippen LogP contribution in [0.5, 0.6) is 0 Å². The lowest BCUT2D eigenvalue weighted by Gasteiger charge is -2.34. The Labute approximate surface area is 188 Å². The van der Waals surface area contributed by atoms with Crippen LogP contribution >= 0.6 is 15.9 Å². The van der Waals surface area contributed by atoms with Crippen molar-refractivity contribution in [2.24, 2.45) is 4.36 Å². The first-order chi connectivity index (χ1) is 13.9. The Hall–Kier alpha value is -1.01. The zero-order chi connectivity index (χ0) is 22.1. The molecule has 0 spiro atoms. The molecule has 0 aliphatic carbocycles. The molecule has 0 radical (unpaired) electrons. The molecule has 1 fully saturated rings. The van der Waals surface area contributed by atoms with Crippen molar-refractivity contribution < 1.29 is 13.7 Å². The summed E-state index contributed by atoms with van der Waals surface area (Å²) in [6.07, 6.45) is 3.27. The number of aromatic nitrogens is 3. The second-order valence-corrected chi connectivity index (χ2v) is 18.1. The highest BCUT2D eigenvalue weighted by Gasteiger charge is 2.24. The van der Waals surface area contributed by atoms with Gasteiger partial charge in [0.25, 0.3) is 0 Å². The van der Waals surface area contributed by atoms with Crippen molar-refractivity contribution in [1.82, 2.24) is 14.8 Å². The Morgan fingerprint density at radius 1 is 1.40 bits per heavy atom. The lowest BCUT2D eigenvalue weighted by Crippen LogP contribution is -2.44. The number of hydrogen-bond acceptors (Lipinski definition) is 7. The van der Waals surface area contributed by atoms with Gasteiger partial charge >= 0.3 is 0 Å². The third kappa shape index (κ3) is 6.03. The minimum atomic E-state index is -2.35. The van der Waals surface area contributed by atoms with Crippen LogP contribution in [0, 0.1) is 0 Å². The van der Waals surface area contributed by atoms with Gasteiger partial charge < -0.3 is 14.4 Å². The summed E-state index contributed by atoms with van der Waals surface area (Å²) < 4.78 is 30.9. The van der Waals surface area contributed by atoms with Crippen molar-refractivity contribution in [3.05, 3.63) is 10.7 Å². The highest BCUT2D eigenvalue weighted by Crippen LogP contribution is 2.36. The molecule has 8 nitrogen and oxygen atoms in total. The Morgan fingerprint density at radius 2 is 2.13 bits per heavy atom. The predicted octanol–water partition coefficient (Wildman–Crippen LogP) is 4.09. The standard InChI is InChI=1S/C19H32BrN5O3SSi/c1-14-12-27-8-7-24(14)16-11-15(23-29(2,3)26)17-18(20)22-25(19(17)21-16)13-28-9-10-30(4,5)6/h11,14H,7-10,12-13H2,1-6H3/t14-/m1/s1. The van der Waals surface area contributed by atoms with Gasteiger partial charge in [-0.3, -0.25) is 0 Å². The summed E-state index contributed by atoms with van der Waals surface area (Å²) in [5.41, 5.74) is 1.30. The summed E-state index contributed by atoms with van der Waals surface area (Å²) in [7, 11) is -3.52. The molecule has 3 rings (SSSR count). The average molecular weight is 519 g/mol. The van der Waals surface area contributed by atoms with Gasteiger partial charge in [0.2, 0.25) is 0 Å². The van der Waals surface area contributed by atoms with E-state index in [9.17, 15) is 4.21 Å². The maximum atomic E-state index is 12.5. The van der Waals surface area contributed by atoms with Gasteiger partial charge in [-0.25, -0.2) is 13.9 Å². The molecule has 0 saturated carbocycles. The second-order valence-electron chi connectivity index (χ2n) is 9.23. The number of hydrogen-bond donors (Lipinski definition) is 0. The van der Waals surface area contributed by atoms with Crippen LogP contribution in [-0.2, 0) is 25.9 Å². The van der Waals surface area contributed by atoms with Crippen molar-refractivity contribution in [2.75, 3.05) is 43.8 Å². The maximum absolute atomic E-state index is 12.5. The third-order valence-electron chi connectivity index (χ3n) is 4.82. The molecule has 0 N–H and O–H groups in total. The van der Waals surface area contributed by atoms with E-state index in [-0.39, 0.29) is 6.04 Å². The van der Waals surface area contributed by atoms with Crippen LogP contribution in [0.4, 0.5) is 11.5 Å². The van der Waals surface area contributed by atoms with Crippen molar-refractivity contribution in [3.8, 4) is 0 Å². The van der Waals surface area contributed by atoms with Gasteiger partial charge in [0, 0.05) is 49.5 Å². The Bertz CT molecular complexity index is 1020. The molecule has 1 atom stereocenters. The molecule has 30 heavy (non-hydrogen) atoms. The van der Waals surface area contributed by atoms with Crippen LogP contribution in [0.25, 0.3) is 11.0 Å². The van der Waals surface area contributed by atoms with Gasteiger partial charge in [-0.05, 0) is 28.9 Å². The second kappa shape index (κ2) is 9.23. The number of ether oxygens (including phenoxy) is 2. The average Bonchev–Trinajstić information content (AvgIpc) is 2.93. The molecule has 1 aliphatic heterocycles. The van der Waals surface area contributed by atoms with Crippen molar-refractivity contribution in [2.45, 2.75) is 45.4 Å². The molecule has 0 unspecified atom stereocenters. The van der Waals surface area contributed by atoms with Crippen LogP contribution in [0.1, 0.15) is 6.92 Å². The molecule has 0 amide bonds. The summed E-state index contributed by atoms with van der Waals surface area (Å²) in [6.45, 7) is 12.1. The van der Waals surface area contributed by atoms with Gasteiger partial charge in [0.1, 0.15) is 17.2 Å². The number of halogens is 1. The molecule has 0 bridgehead atoms. The van der Waals surface area contributed by atoms with E-state index in [2.05, 4.69) is 56.9 Å². The Kier molecular flexibility index (Phi) is 7.28. The zero-order valence-electron chi connectivity index (χ0n) is 18.6. The van der Waals surface area contributed by atoms with Gasteiger partial charge in [-0.15, -0.1) is 0 Å². The number of fused-ring (bicyclic) bond motifs is 1. The van der Waals surface area contributed by atoms with Crippen molar-refractivity contribution in [1.29, 1.82) is 0 Å². The summed E-state index contributed by atoms with van der Waals surface area (Å²) in [5.74, 6) is 0.788. The van der Waals surface area contributed by atoms with E-state index in [1.54, 1.807) is 17.2 Å². The first-order valence-electron chi connectivity index (χ1n) is 10.1. The Morgan fingerprint density at radius 3 is 2.77 bits per heavy atom. The van der Waals surface area contributed by atoms with Gasteiger partial charge in [-0.1, -0.05) is 19.6 Å². The molecule has 2 aromatic rings. The van der Waals surface area contributed by atoms with Crippen LogP contribution in [0.2, 0.25) is 25.7 Å². The topological polar surface area (TPSA) is 81.8 Å². The third-order valence-corrected chi connectivity index (χ3v) is 7.71. The number of nitrogens with zero attached hydrogens (tertiary/aromatic N) is 5. The van der Waals surface area contributed by atoms with Crippen molar-refractivity contribution >= 4 is 56.3 Å². The van der Waals surface area contributed by atoms with Gasteiger partial charge in [-0.2, -0.15) is 9.46 Å². The highest BCUT2D eigenvalue weighted by atomic mass is 79.9. The van der Waals surface area contributed by atoms with Crippen molar-refractivity contribution in [3.63, 3.8) is 0 Å². The molecule has 11 heteroatoms.